The lowest BCUT2D eigenvalue weighted by molar-refractivity contribution is -0.0839. The smallest absolute Gasteiger partial charge is 0.126 e. The van der Waals surface area contributed by atoms with Crippen LogP contribution in [0.4, 0.5) is 0 Å². The average molecular weight is 299 g/mol. The van der Waals surface area contributed by atoms with Crippen LogP contribution in [0, 0.1) is 0 Å². The Labute approximate surface area is 109 Å². The summed E-state index contributed by atoms with van der Waals surface area (Å²) in [6, 6.07) is 5.81. The van der Waals surface area contributed by atoms with Gasteiger partial charge >= 0.3 is 0 Å². The molecule has 1 aromatic carbocycles. The minimum Gasteiger partial charge on any atom is -0.487 e. The number of aliphatic hydroxyl groups is 1. The Morgan fingerprint density at radius 2 is 2.06 bits per heavy atom. The van der Waals surface area contributed by atoms with Crippen molar-refractivity contribution in [2.24, 2.45) is 0 Å². The molecule has 3 rings (SSSR count). The highest BCUT2D eigenvalue weighted by Gasteiger charge is 2.41. The lowest BCUT2D eigenvalue weighted by Gasteiger charge is -2.43. The van der Waals surface area contributed by atoms with E-state index < -0.39 is 6.10 Å². The van der Waals surface area contributed by atoms with Gasteiger partial charge in [-0.3, -0.25) is 0 Å². The maximum absolute atomic E-state index is 10.3. The summed E-state index contributed by atoms with van der Waals surface area (Å²) >= 11 is 3.42. The first-order valence-corrected chi connectivity index (χ1v) is 6.72. The van der Waals surface area contributed by atoms with Gasteiger partial charge in [-0.1, -0.05) is 15.9 Å². The molecule has 2 aliphatic rings. The molecule has 1 atom stereocenters. The SMILES string of the molecule is OC1CC2(CCOCC2)Oc2ccc(Br)cc21. The molecule has 1 unspecified atom stereocenters. The van der Waals surface area contributed by atoms with Crippen molar-refractivity contribution >= 4 is 15.9 Å². The molecule has 0 saturated carbocycles. The summed E-state index contributed by atoms with van der Waals surface area (Å²) in [4.78, 5) is 0. The third-order valence-corrected chi connectivity index (χ3v) is 4.12. The third-order valence-electron chi connectivity index (χ3n) is 3.63. The monoisotopic (exact) mass is 298 g/mol. The van der Waals surface area contributed by atoms with Crippen molar-refractivity contribution in [2.45, 2.75) is 31.0 Å². The maximum atomic E-state index is 10.3. The van der Waals surface area contributed by atoms with Gasteiger partial charge < -0.3 is 14.6 Å². The zero-order chi connectivity index (χ0) is 11.9. The van der Waals surface area contributed by atoms with E-state index in [1.807, 2.05) is 18.2 Å². The van der Waals surface area contributed by atoms with Crippen molar-refractivity contribution in [2.75, 3.05) is 13.2 Å². The van der Waals surface area contributed by atoms with Crippen molar-refractivity contribution in [3.8, 4) is 5.75 Å². The first-order valence-electron chi connectivity index (χ1n) is 5.93. The van der Waals surface area contributed by atoms with Crippen molar-refractivity contribution in [3.63, 3.8) is 0 Å². The molecule has 4 heteroatoms. The first kappa shape index (κ1) is 11.5. The molecular formula is C13H15BrO3. The highest BCUT2D eigenvalue weighted by Crippen LogP contribution is 2.44. The van der Waals surface area contributed by atoms with E-state index in [1.165, 1.54) is 0 Å². The van der Waals surface area contributed by atoms with Crippen LogP contribution in [0.15, 0.2) is 22.7 Å². The summed E-state index contributed by atoms with van der Waals surface area (Å²) in [5.41, 5.74) is 0.662. The number of rotatable bonds is 0. The summed E-state index contributed by atoms with van der Waals surface area (Å²) in [5, 5.41) is 10.3. The van der Waals surface area contributed by atoms with Gasteiger partial charge in [-0.05, 0) is 18.2 Å². The van der Waals surface area contributed by atoms with E-state index in [1.54, 1.807) is 0 Å². The molecule has 1 fully saturated rings. The molecule has 1 N–H and O–H groups in total. The standard InChI is InChI=1S/C13H15BrO3/c14-9-1-2-12-10(7-9)11(15)8-13(17-12)3-5-16-6-4-13/h1-2,7,11,15H,3-6,8H2. The molecular weight excluding hydrogens is 284 g/mol. The Balaban J connectivity index is 1.94. The highest BCUT2D eigenvalue weighted by molar-refractivity contribution is 9.10. The molecule has 0 radical (unpaired) electrons. The van der Waals surface area contributed by atoms with E-state index in [2.05, 4.69) is 15.9 Å². The lowest BCUT2D eigenvalue weighted by atomic mass is 9.83. The van der Waals surface area contributed by atoms with Crippen LogP contribution in [0.2, 0.25) is 0 Å². The van der Waals surface area contributed by atoms with E-state index in [9.17, 15) is 5.11 Å². The number of ether oxygens (including phenoxy) is 2. The van der Waals surface area contributed by atoms with Gasteiger partial charge in [-0.2, -0.15) is 0 Å². The molecule has 1 spiro atoms. The summed E-state index contributed by atoms with van der Waals surface area (Å²) in [7, 11) is 0. The van der Waals surface area contributed by atoms with Crippen molar-refractivity contribution in [3.05, 3.63) is 28.2 Å². The summed E-state index contributed by atoms with van der Waals surface area (Å²) in [6.07, 6.45) is 1.95. The van der Waals surface area contributed by atoms with Gasteiger partial charge in [-0.25, -0.2) is 0 Å². The molecule has 1 aromatic rings. The Hall–Kier alpha value is -0.580. The van der Waals surface area contributed by atoms with Crippen LogP contribution < -0.4 is 4.74 Å². The van der Waals surface area contributed by atoms with Gasteiger partial charge in [0.2, 0.25) is 0 Å². The van der Waals surface area contributed by atoms with Crippen LogP contribution in [-0.2, 0) is 4.74 Å². The lowest BCUT2D eigenvalue weighted by Crippen LogP contribution is -2.45. The molecule has 1 saturated heterocycles. The molecule has 17 heavy (non-hydrogen) atoms. The highest BCUT2D eigenvalue weighted by atomic mass is 79.9. The fourth-order valence-electron chi connectivity index (χ4n) is 2.66. The second kappa shape index (κ2) is 4.26. The van der Waals surface area contributed by atoms with Crippen molar-refractivity contribution in [1.82, 2.24) is 0 Å². The molecule has 92 valence electrons. The Kier molecular flexibility index (Phi) is 2.89. The Morgan fingerprint density at radius 1 is 1.29 bits per heavy atom. The topological polar surface area (TPSA) is 38.7 Å². The van der Waals surface area contributed by atoms with Gasteiger partial charge in [0, 0.05) is 29.3 Å². The minimum atomic E-state index is -0.436. The van der Waals surface area contributed by atoms with Crippen LogP contribution in [0.5, 0.6) is 5.75 Å². The van der Waals surface area contributed by atoms with Crippen LogP contribution in [0.1, 0.15) is 30.9 Å². The second-order valence-corrected chi connectivity index (χ2v) is 5.72. The van der Waals surface area contributed by atoms with E-state index in [-0.39, 0.29) is 5.60 Å². The second-order valence-electron chi connectivity index (χ2n) is 4.80. The number of fused-ring (bicyclic) bond motifs is 1. The minimum absolute atomic E-state index is 0.224. The molecule has 0 bridgehead atoms. The van der Waals surface area contributed by atoms with E-state index in [4.69, 9.17) is 9.47 Å². The number of halogens is 1. The fraction of sp³-hybridized carbons (Fsp3) is 0.538. The number of aliphatic hydroxyl groups excluding tert-OH is 1. The quantitative estimate of drug-likeness (QED) is 0.800. The summed E-state index contributed by atoms with van der Waals surface area (Å²) in [5.74, 6) is 0.814. The van der Waals surface area contributed by atoms with Gasteiger partial charge in [0.15, 0.2) is 0 Å². The zero-order valence-corrected chi connectivity index (χ0v) is 11.1. The third kappa shape index (κ3) is 2.09. The molecule has 0 aliphatic carbocycles. The van der Waals surface area contributed by atoms with Crippen LogP contribution in [-0.4, -0.2) is 23.9 Å². The van der Waals surface area contributed by atoms with Gasteiger partial charge in [0.05, 0.1) is 19.3 Å². The van der Waals surface area contributed by atoms with E-state index >= 15 is 0 Å². The first-order chi connectivity index (χ1) is 8.19. The predicted octanol–water partition coefficient (Wildman–Crippen LogP) is 2.81. The Bertz CT molecular complexity index is 427. The van der Waals surface area contributed by atoms with E-state index in [0.717, 1.165) is 41.8 Å². The summed E-state index contributed by atoms with van der Waals surface area (Å²) < 4.78 is 12.5. The van der Waals surface area contributed by atoms with Crippen molar-refractivity contribution in [1.29, 1.82) is 0 Å². The predicted molar refractivity (Wildman–Crippen MR) is 67.1 cm³/mol. The van der Waals surface area contributed by atoms with Gasteiger partial charge in [-0.15, -0.1) is 0 Å². The Morgan fingerprint density at radius 3 is 2.82 bits per heavy atom. The largest absolute Gasteiger partial charge is 0.487 e. The normalized spacial score (nSPS) is 26.4. The summed E-state index contributed by atoms with van der Waals surface area (Å²) in [6.45, 7) is 1.44. The van der Waals surface area contributed by atoms with Crippen LogP contribution in [0.3, 0.4) is 0 Å². The fourth-order valence-corrected chi connectivity index (χ4v) is 3.04. The average Bonchev–Trinajstić information content (AvgIpc) is 2.31. The maximum Gasteiger partial charge on any atom is 0.126 e. The number of hydrogen-bond donors (Lipinski definition) is 1. The van der Waals surface area contributed by atoms with Crippen molar-refractivity contribution < 1.29 is 14.6 Å². The van der Waals surface area contributed by atoms with Crippen LogP contribution in [0.25, 0.3) is 0 Å². The van der Waals surface area contributed by atoms with E-state index in [0.29, 0.717) is 6.42 Å². The van der Waals surface area contributed by atoms with Gasteiger partial charge in [0.1, 0.15) is 11.4 Å². The molecule has 0 aromatic heterocycles. The molecule has 2 heterocycles. The molecule has 3 nitrogen and oxygen atoms in total. The number of hydrogen-bond acceptors (Lipinski definition) is 3. The molecule has 2 aliphatic heterocycles. The van der Waals surface area contributed by atoms with Crippen LogP contribution >= 0.6 is 15.9 Å². The zero-order valence-electron chi connectivity index (χ0n) is 9.49. The molecule has 0 amide bonds. The van der Waals surface area contributed by atoms with Gasteiger partial charge in [0.25, 0.3) is 0 Å². The number of benzene rings is 1.